The Balaban J connectivity index is 1.90. The topological polar surface area (TPSA) is 17.1 Å². The van der Waals surface area contributed by atoms with Crippen molar-refractivity contribution in [3.05, 3.63) is 70.8 Å². The van der Waals surface area contributed by atoms with Crippen LogP contribution in [0.5, 0.6) is 0 Å². The van der Waals surface area contributed by atoms with Gasteiger partial charge in [0.15, 0.2) is 5.78 Å². The lowest BCUT2D eigenvalue weighted by atomic mass is 9.84. The second kappa shape index (κ2) is 5.48. The van der Waals surface area contributed by atoms with Crippen molar-refractivity contribution in [3.63, 3.8) is 0 Å². The maximum absolute atomic E-state index is 12.5. The zero-order valence-electron chi connectivity index (χ0n) is 12.9. The zero-order valence-corrected chi connectivity index (χ0v) is 12.9. The van der Waals surface area contributed by atoms with Gasteiger partial charge in [0.1, 0.15) is 0 Å². The molecule has 1 nitrogen and oxygen atoms in total. The summed E-state index contributed by atoms with van der Waals surface area (Å²) in [5.41, 5.74) is 4.82. The van der Waals surface area contributed by atoms with Crippen LogP contribution in [0.4, 0.5) is 0 Å². The van der Waals surface area contributed by atoms with Crippen LogP contribution in [0.3, 0.4) is 0 Å². The maximum Gasteiger partial charge on any atom is 0.163 e. The monoisotopic (exact) mass is 278 g/mol. The Morgan fingerprint density at radius 1 is 1.00 bits per heavy atom. The highest BCUT2D eigenvalue weighted by Gasteiger charge is 2.27. The van der Waals surface area contributed by atoms with E-state index >= 15 is 0 Å². The van der Waals surface area contributed by atoms with Gasteiger partial charge in [-0.2, -0.15) is 0 Å². The van der Waals surface area contributed by atoms with Crippen molar-refractivity contribution in [2.24, 2.45) is 5.41 Å². The Morgan fingerprint density at radius 2 is 1.76 bits per heavy atom. The van der Waals surface area contributed by atoms with Gasteiger partial charge in [-0.25, -0.2) is 0 Å². The summed E-state index contributed by atoms with van der Waals surface area (Å²) in [6.45, 7) is 4.39. The molecule has 0 aromatic heterocycles. The molecular weight excluding hydrogens is 256 g/mol. The molecule has 0 atom stereocenters. The molecular formula is C20H22O. The van der Waals surface area contributed by atoms with Crippen LogP contribution in [0.1, 0.15) is 53.7 Å². The highest BCUT2D eigenvalue weighted by molar-refractivity contribution is 5.98. The van der Waals surface area contributed by atoms with Gasteiger partial charge in [-0.1, -0.05) is 56.3 Å². The Kier molecular flexibility index (Phi) is 3.67. The molecule has 0 amide bonds. The highest BCUT2D eigenvalue weighted by Crippen LogP contribution is 2.34. The SMILES string of the molecule is CC1(C)CCc2ccc(Cc3ccccc3)cc2C(=O)C1. The van der Waals surface area contributed by atoms with Crippen LogP contribution in [0, 0.1) is 5.41 Å². The fourth-order valence-corrected chi connectivity index (χ4v) is 3.13. The summed E-state index contributed by atoms with van der Waals surface area (Å²) < 4.78 is 0. The van der Waals surface area contributed by atoms with Gasteiger partial charge < -0.3 is 0 Å². The number of aryl methyl sites for hydroxylation is 1. The van der Waals surface area contributed by atoms with Gasteiger partial charge in [-0.3, -0.25) is 4.79 Å². The molecule has 1 aliphatic carbocycles. The Bertz CT molecular complexity index is 653. The molecule has 0 unspecified atom stereocenters. The van der Waals surface area contributed by atoms with Crippen molar-refractivity contribution in [2.75, 3.05) is 0 Å². The molecule has 1 aliphatic rings. The van der Waals surface area contributed by atoms with Crippen molar-refractivity contribution in [2.45, 2.75) is 39.5 Å². The third-order valence-electron chi connectivity index (χ3n) is 4.44. The lowest BCUT2D eigenvalue weighted by Crippen LogP contribution is -2.14. The molecule has 0 spiro atoms. The van der Waals surface area contributed by atoms with E-state index < -0.39 is 0 Å². The number of hydrogen-bond donors (Lipinski definition) is 0. The number of benzene rings is 2. The van der Waals surface area contributed by atoms with Crippen molar-refractivity contribution < 1.29 is 4.79 Å². The largest absolute Gasteiger partial charge is 0.294 e. The van der Waals surface area contributed by atoms with Crippen molar-refractivity contribution in [3.8, 4) is 0 Å². The second-order valence-electron chi connectivity index (χ2n) is 6.92. The molecule has 2 aromatic carbocycles. The van der Waals surface area contributed by atoms with Crippen LogP contribution in [-0.4, -0.2) is 5.78 Å². The molecule has 21 heavy (non-hydrogen) atoms. The molecule has 0 heterocycles. The van der Waals surface area contributed by atoms with E-state index in [9.17, 15) is 4.79 Å². The first kappa shape index (κ1) is 14.1. The number of ketones is 1. The molecule has 108 valence electrons. The molecule has 0 radical (unpaired) electrons. The van der Waals surface area contributed by atoms with Crippen molar-refractivity contribution in [1.82, 2.24) is 0 Å². The second-order valence-corrected chi connectivity index (χ2v) is 6.92. The molecule has 3 rings (SSSR count). The minimum Gasteiger partial charge on any atom is -0.294 e. The summed E-state index contributed by atoms with van der Waals surface area (Å²) in [5, 5.41) is 0. The first-order valence-electron chi connectivity index (χ1n) is 7.72. The van der Waals surface area contributed by atoms with E-state index in [1.807, 2.05) is 6.07 Å². The Morgan fingerprint density at radius 3 is 2.52 bits per heavy atom. The number of hydrogen-bond acceptors (Lipinski definition) is 1. The Labute approximate surface area is 127 Å². The predicted molar refractivity (Wildman–Crippen MR) is 86.7 cm³/mol. The standard InChI is InChI=1S/C20H22O/c1-20(2)11-10-17-9-8-16(13-18(17)19(21)14-20)12-15-6-4-3-5-7-15/h3-9,13H,10-12,14H2,1-2H3. The van der Waals surface area contributed by atoms with E-state index in [4.69, 9.17) is 0 Å². The fraction of sp³-hybridized carbons (Fsp3) is 0.350. The van der Waals surface area contributed by atoms with Crippen LogP contribution in [0.2, 0.25) is 0 Å². The van der Waals surface area contributed by atoms with E-state index in [-0.39, 0.29) is 5.41 Å². The molecule has 0 aliphatic heterocycles. The van der Waals surface area contributed by atoms with Crippen LogP contribution < -0.4 is 0 Å². The summed E-state index contributed by atoms with van der Waals surface area (Å²) in [4.78, 5) is 12.5. The molecule has 0 saturated carbocycles. The van der Waals surface area contributed by atoms with E-state index in [2.05, 4.69) is 56.3 Å². The summed E-state index contributed by atoms with van der Waals surface area (Å²) in [6.07, 6.45) is 3.66. The molecule has 1 heteroatoms. The number of rotatable bonds is 2. The van der Waals surface area contributed by atoms with Crippen LogP contribution in [0.15, 0.2) is 48.5 Å². The lowest BCUT2D eigenvalue weighted by molar-refractivity contribution is 0.0934. The molecule has 0 N–H and O–H groups in total. The highest BCUT2D eigenvalue weighted by atomic mass is 16.1. The summed E-state index contributed by atoms with van der Waals surface area (Å²) in [7, 11) is 0. The van der Waals surface area contributed by atoms with Crippen LogP contribution in [0.25, 0.3) is 0 Å². The lowest BCUT2D eigenvalue weighted by Gasteiger charge is -2.20. The molecule has 2 aromatic rings. The minimum atomic E-state index is 0.121. The number of carbonyl (C=O) groups excluding carboxylic acids is 1. The first-order chi connectivity index (χ1) is 10.0. The third kappa shape index (κ3) is 3.24. The van der Waals surface area contributed by atoms with E-state index in [1.165, 1.54) is 16.7 Å². The van der Waals surface area contributed by atoms with Crippen LogP contribution in [-0.2, 0) is 12.8 Å². The molecule has 0 saturated heterocycles. The number of Topliss-reactive ketones (excluding diaryl/α,β-unsaturated/α-hetero) is 1. The van der Waals surface area contributed by atoms with E-state index in [0.29, 0.717) is 12.2 Å². The quantitative estimate of drug-likeness (QED) is 0.720. The molecule has 0 bridgehead atoms. The smallest absolute Gasteiger partial charge is 0.163 e. The van der Waals surface area contributed by atoms with Crippen molar-refractivity contribution >= 4 is 5.78 Å². The van der Waals surface area contributed by atoms with Gasteiger partial charge in [-0.15, -0.1) is 0 Å². The average molecular weight is 278 g/mol. The van der Waals surface area contributed by atoms with Gasteiger partial charge >= 0.3 is 0 Å². The Hall–Kier alpha value is -1.89. The summed E-state index contributed by atoms with van der Waals surface area (Å²) in [5.74, 6) is 0.308. The minimum absolute atomic E-state index is 0.121. The fourth-order valence-electron chi connectivity index (χ4n) is 3.13. The van der Waals surface area contributed by atoms with Crippen molar-refractivity contribution in [1.29, 1.82) is 0 Å². The average Bonchev–Trinajstić information content (AvgIpc) is 2.57. The summed E-state index contributed by atoms with van der Waals surface area (Å²) in [6, 6.07) is 16.9. The summed E-state index contributed by atoms with van der Waals surface area (Å²) >= 11 is 0. The maximum atomic E-state index is 12.5. The zero-order chi connectivity index (χ0) is 14.9. The van der Waals surface area contributed by atoms with Gasteiger partial charge in [0.2, 0.25) is 0 Å². The third-order valence-corrected chi connectivity index (χ3v) is 4.44. The van der Waals surface area contributed by atoms with E-state index in [0.717, 1.165) is 24.8 Å². The molecule has 0 fully saturated rings. The van der Waals surface area contributed by atoms with E-state index in [1.54, 1.807) is 0 Å². The normalized spacial score (nSPS) is 17.1. The van der Waals surface area contributed by atoms with Gasteiger partial charge in [0, 0.05) is 12.0 Å². The van der Waals surface area contributed by atoms with Crippen LogP contribution >= 0.6 is 0 Å². The van der Waals surface area contributed by atoms with Gasteiger partial charge in [-0.05, 0) is 47.4 Å². The number of carbonyl (C=O) groups is 1. The first-order valence-corrected chi connectivity index (χ1v) is 7.72. The predicted octanol–water partition coefficient (Wildman–Crippen LogP) is 4.82. The number of fused-ring (bicyclic) bond motifs is 1. The van der Waals surface area contributed by atoms with Gasteiger partial charge in [0.05, 0.1) is 0 Å². The van der Waals surface area contributed by atoms with Gasteiger partial charge in [0.25, 0.3) is 0 Å².